The first-order valence-corrected chi connectivity index (χ1v) is 4.08. The van der Waals surface area contributed by atoms with Crippen molar-refractivity contribution in [3.05, 3.63) is 24.0 Å². The second-order valence-corrected chi connectivity index (χ2v) is 3.12. The van der Waals surface area contributed by atoms with E-state index in [0.29, 0.717) is 6.04 Å². The number of rotatable bonds is 2. The zero-order valence-corrected chi connectivity index (χ0v) is 6.68. The first kappa shape index (κ1) is 7.40. The van der Waals surface area contributed by atoms with Gasteiger partial charge in [0.1, 0.15) is 5.82 Å². The number of nitrogen functional groups attached to an aromatic ring is 1. The third-order valence-electron chi connectivity index (χ3n) is 1.99. The largest absolute Gasteiger partial charge is 0.395 e. The molecule has 12 heavy (non-hydrogen) atoms. The van der Waals surface area contributed by atoms with Gasteiger partial charge in [-0.25, -0.2) is 4.39 Å². The Balaban J connectivity index is 2.23. The number of halogens is 1. The van der Waals surface area contributed by atoms with Crippen molar-refractivity contribution < 1.29 is 4.39 Å². The van der Waals surface area contributed by atoms with E-state index in [9.17, 15) is 4.39 Å². The van der Waals surface area contributed by atoms with Crippen molar-refractivity contribution in [2.75, 3.05) is 11.1 Å². The summed E-state index contributed by atoms with van der Waals surface area (Å²) in [6.07, 6.45) is 2.33. The van der Waals surface area contributed by atoms with E-state index in [1.807, 2.05) is 0 Å². The van der Waals surface area contributed by atoms with Crippen molar-refractivity contribution in [3.63, 3.8) is 0 Å². The van der Waals surface area contributed by atoms with Gasteiger partial charge in [-0.05, 0) is 25.0 Å². The molecule has 1 aliphatic rings. The van der Waals surface area contributed by atoms with Crippen LogP contribution < -0.4 is 11.1 Å². The highest BCUT2D eigenvalue weighted by Crippen LogP contribution is 2.28. The topological polar surface area (TPSA) is 38.0 Å². The van der Waals surface area contributed by atoms with Crippen molar-refractivity contribution in [1.82, 2.24) is 0 Å². The molecular formula is C9H11FN2. The highest BCUT2D eigenvalue weighted by Gasteiger charge is 2.21. The van der Waals surface area contributed by atoms with Crippen LogP contribution in [0.4, 0.5) is 15.8 Å². The summed E-state index contributed by atoms with van der Waals surface area (Å²) in [6, 6.07) is 5.34. The van der Waals surface area contributed by atoms with Crippen molar-refractivity contribution in [3.8, 4) is 0 Å². The highest BCUT2D eigenvalue weighted by atomic mass is 19.1. The number of hydrogen-bond acceptors (Lipinski definition) is 2. The van der Waals surface area contributed by atoms with Gasteiger partial charge < -0.3 is 11.1 Å². The van der Waals surface area contributed by atoms with Gasteiger partial charge in [-0.15, -0.1) is 0 Å². The predicted molar refractivity (Wildman–Crippen MR) is 47.5 cm³/mol. The summed E-state index contributed by atoms with van der Waals surface area (Å²) in [4.78, 5) is 0. The highest BCUT2D eigenvalue weighted by molar-refractivity contribution is 5.67. The number of benzene rings is 1. The third kappa shape index (κ3) is 1.35. The minimum atomic E-state index is -0.347. The van der Waals surface area contributed by atoms with Crippen LogP contribution in [0, 0.1) is 5.82 Å². The lowest BCUT2D eigenvalue weighted by Gasteiger charge is -2.07. The van der Waals surface area contributed by atoms with Gasteiger partial charge in [0.15, 0.2) is 0 Å². The van der Waals surface area contributed by atoms with Crippen LogP contribution in [0.5, 0.6) is 0 Å². The van der Waals surface area contributed by atoms with Gasteiger partial charge in [0.2, 0.25) is 0 Å². The van der Waals surface area contributed by atoms with Gasteiger partial charge in [0, 0.05) is 6.04 Å². The van der Waals surface area contributed by atoms with Gasteiger partial charge in [0.25, 0.3) is 0 Å². The summed E-state index contributed by atoms with van der Waals surface area (Å²) >= 11 is 0. The lowest BCUT2D eigenvalue weighted by atomic mass is 10.2. The van der Waals surface area contributed by atoms with E-state index >= 15 is 0 Å². The Morgan fingerprint density at radius 2 is 2.17 bits per heavy atom. The van der Waals surface area contributed by atoms with E-state index in [-0.39, 0.29) is 11.5 Å². The number of nitrogens with one attached hydrogen (secondary N) is 1. The molecule has 1 saturated carbocycles. The lowest BCUT2D eigenvalue weighted by molar-refractivity contribution is 0.633. The molecule has 0 bridgehead atoms. The Labute approximate surface area is 70.6 Å². The molecule has 0 aromatic heterocycles. The molecule has 0 saturated heterocycles. The van der Waals surface area contributed by atoms with E-state index in [1.165, 1.54) is 6.07 Å². The van der Waals surface area contributed by atoms with Crippen LogP contribution in [0.25, 0.3) is 0 Å². The average Bonchev–Trinajstić information content (AvgIpc) is 2.83. The molecule has 0 heterocycles. The SMILES string of the molecule is Nc1c(F)cccc1NC1CC1. The summed E-state index contributed by atoms with van der Waals surface area (Å²) in [7, 11) is 0. The van der Waals surface area contributed by atoms with E-state index in [1.54, 1.807) is 12.1 Å². The maximum Gasteiger partial charge on any atom is 0.148 e. The zero-order chi connectivity index (χ0) is 8.55. The second-order valence-electron chi connectivity index (χ2n) is 3.12. The van der Waals surface area contributed by atoms with Crippen molar-refractivity contribution >= 4 is 11.4 Å². The molecule has 0 spiro atoms. The van der Waals surface area contributed by atoms with Crippen LogP contribution in [0.1, 0.15) is 12.8 Å². The molecule has 1 fully saturated rings. The van der Waals surface area contributed by atoms with Crippen molar-refractivity contribution in [2.45, 2.75) is 18.9 Å². The molecule has 1 aromatic carbocycles. The van der Waals surface area contributed by atoms with E-state index < -0.39 is 0 Å². The molecule has 3 heteroatoms. The maximum absolute atomic E-state index is 12.9. The van der Waals surface area contributed by atoms with Crippen LogP contribution in [0.2, 0.25) is 0 Å². The molecule has 0 amide bonds. The molecule has 2 nitrogen and oxygen atoms in total. The summed E-state index contributed by atoms with van der Waals surface area (Å²) in [5.74, 6) is -0.347. The Bertz CT molecular complexity index is 295. The average molecular weight is 166 g/mol. The Kier molecular flexibility index (Phi) is 1.64. The summed E-state index contributed by atoms with van der Waals surface area (Å²) in [6.45, 7) is 0. The van der Waals surface area contributed by atoms with Crippen molar-refractivity contribution in [2.24, 2.45) is 0 Å². The minimum absolute atomic E-state index is 0.226. The molecule has 3 N–H and O–H groups in total. The van der Waals surface area contributed by atoms with E-state index in [4.69, 9.17) is 5.73 Å². The minimum Gasteiger partial charge on any atom is -0.395 e. The molecule has 2 rings (SSSR count). The van der Waals surface area contributed by atoms with Crippen LogP contribution in [-0.2, 0) is 0 Å². The molecule has 0 atom stereocenters. The molecule has 0 unspecified atom stereocenters. The second kappa shape index (κ2) is 2.66. The summed E-state index contributed by atoms with van der Waals surface area (Å²) in [5.41, 5.74) is 6.47. The molecule has 1 aromatic rings. The number of nitrogens with two attached hydrogens (primary N) is 1. The van der Waals surface area contributed by atoms with Gasteiger partial charge in [0.05, 0.1) is 11.4 Å². The fourth-order valence-corrected chi connectivity index (χ4v) is 1.11. The monoisotopic (exact) mass is 166 g/mol. The smallest absolute Gasteiger partial charge is 0.148 e. The standard InChI is InChI=1S/C9H11FN2/c10-7-2-1-3-8(9(7)11)12-6-4-5-6/h1-3,6,12H,4-5,11H2. The summed E-state index contributed by atoms with van der Waals surface area (Å²) in [5, 5.41) is 3.16. The normalized spacial score (nSPS) is 16.1. The lowest BCUT2D eigenvalue weighted by Crippen LogP contribution is -2.04. The Morgan fingerprint density at radius 1 is 1.42 bits per heavy atom. The Morgan fingerprint density at radius 3 is 2.83 bits per heavy atom. The predicted octanol–water partition coefficient (Wildman–Crippen LogP) is 1.98. The molecule has 64 valence electrons. The fraction of sp³-hybridized carbons (Fsp3) is 0.333. The zero-order valence-electron chi connectivity index (χ0n) is 6.68. The van der Waals surface area contributed by atoms with Gasteiger partial charge in [-0.1, -0.05) is 6.07 Å². The van der Waals surface area contributed by atoms with E-state index in [2.05, 4.69) is 5.32 Å². The number of para-hydroxylation sites is 1. The quantitative estimate of drug-likeness (QED) is 0.659. The third-order valence-corrected chi connectivity index (χ3v) is 1.99. The van der Waals surface area contributed by atoms with Gasteiger partial charge >= 0.3 is 0 Å². The van der Waals surface area contributed by atoms with Crippen LogP contribution in [-0.4, -0.2) is 6.04 Å². The van der Waals surface area contributed by atoms with Crippen LogP contribution in [0.3, 0.4) is 0 Å². The van der Waals surface area contributed by atoms with E-state index in [0.717, 1.165) is 18.5 Å². The summed E-state index contributed by atoms with van der Waals surface area (Å²) < 4.78 is 12.9. The van der Waals surface area contributed by atoms with Crippen LogP contribution >= 0.6 is 0 Å². The fourth-order valence-electron chi connectivity index (χ4n) is 1.11. The van der Waals surface area contributed by atoms with Gasteiger partial charge in [-0.2, -0.15) is 0 Å². The Hall–Kier alpha value is -1.25. The molecule has 1 aliphatic carbocycles. The maximum atomic E-state index is 12.9. The van der Waals surface area contributed by atoms with Crippen molar-refractivity contribution in [1.29, 1.82) is 0 Å². The number of hydrogen-bond donors (Lipinski definition) is 2. The van der Waals surface area contributed by atoms with Gasteiger partial charge in [-0.3, -0.25) is 0 Å². The van der Waals surface area contributed by atoms with Crippen LogP contribution in [0.15, 0.2) is 18.2 Å². The molecule has 0 aliphatic heterocycles. The first-order valence-electron chi connectivity index (χ1n) is 4.08. The molecule has 0 radical (unpaired) electrons. The first-order chi connectivity index (χ1) is 5.77. The molecular weight excluding hydrogens is 155 g/mol. The number of anilines is 2.